The Morgan fingerprint density at radius 3 is 2.40 bits per heavy atom. The average Bonchev–Trinajstić information content (AvgIpc) is 2.87. The Morgan fingerprint density at radius 1 is 1.25 bits per heavy atom. The molecule has 1 aliphatic rings. The van der Waals surface area contributed by atoms with Gasteiger partial charge in [-0.2, -0.15) is 0 Å². The number of sulfonamides is 1. The summed E-state index contributed by atoms with van der Waals surface area (Å²) in [5, 5.41) is 8.78. The lowest BCUT2D eigenvalue weighted by atomic mass is 10.0. The van der Waals surface area contributed by atoms with Crippen LogP contribution in [0.15, 0.2) is 12.1 Å². The Bertz CT molecular complexity index is 631. The second-order valence-corrected chi connectivity index (χ2v) is 7.29. The van der Waals surface area contributed by atoms with Crippen LogP contribution in [-0.4, -0.2) is 24.7 Å². The molecule has 5 nitrogen and oxygen atoms in total. The summed E-state index contributed by atoms with van der Waals surface area (Å²) in [6.07, 6.45) is 3.20. The molecule has 2 N–H and O–H groups in total. The molecule has 6 heteroatoms. The van der Waals surface area contributed by atoms with Gasteiger partial charge in [-0.1, -0.05) is 12.8 Å². The van der Waals surface area contributed by atoms with Crippen molar-refractivity contribution in [2.45, 2.75) is 44.8 Å². The van der Waals surface area contributed by atoms with E-state index in [1.165, 1.54) is 6.07 Å². The van der Waals surface area contributed by atoms with Crippen LogP contribution in [-0.2, 0) is 10.0 Å². The van der Waals surface area contributed by atoms with E-state index >= 15 is 0 Å². The highest BCUT2D eigenvalue weighted by molar-refractivity contribution is 7.93. The molecule has 0 aliphatic heterocycles. The van der Waals surface area contributed by atoms with E-state index in [-0.39, 0.29) is 10.8 Å². The van der Waals surface area contributed by atoms with Crippen LogP contribution in [0, 0.1) is 13.8 Å². The number of carbonyl (C=O) groups is 1. The normalized spacial score (nSPS) is 16.3. The van der Waals surface area contributed by atoms with Gasteiger partial charge in [-0.25, -0.2) is 13.2 Å². The molecule has 20 heavy (non-hydrogen) atoms. The minimum atomic E-state index is -3.43. The van der Waals surface area contributed by atoms with Crippen LogP contribution in [0.1, 0.15) is 47.2 Å². The second-order valence-electron chi connectivity index (χ2n) is 5.32. The maximum Gasteiger partial charge on any atom is 0.336 e. The van der Waals surface area contributed by atoms with Crippen molar-refractivity contribution in [1.82, 2.24) is 0 Å². The Kier molecular flexibility index (Phi) is 4.04. The molecule has 2 rings (SSSR count). The van der Waals surface area contributed by atoms with Crippen molar-refractivity contribution in [3.05, 3.63) is 28.8 Å². The van der Waals surface area contributed by atoms with E-state index in [1.54, 1.807) is 19.9 Å². The van der Waals surface area contributed by atoms with Crippen molar-refractivity contribution < 1.29 is 18.3 Å². The summed E-state index contributed by atoms with van der Waals surface area (Å²) < 4.78 is 27.0. The van der Waals surface area contributed by atoms with Crippen molar-refractivity contribution in [3.63, 3.8) is 0 Å². The topological polar surface area (TPSA) is 83.5 Å². The summed E-state index contributed by atoms with van der Waals surface area (Å²) in [5.74, 6) is -1.05. The van der Waals surface area contributed by atoms with Gasteiger partial charge in [-0.3, -0.25) is 4.72 Å². The third-order valence-corrected chi connectivity index (χ3v) is 5.77. The predicted octanol–water partition coefficient (Wildman–Crippen LogP) is 2.69. The highest BCUT2D eigenvalue weighted by Gasteiger charge is 2.29. The molecule has 0 radical (unpaired) electrons. The van der Waals surface area contributed by atoms with Crippen molar-refractivity contribution in [2.24, 2.45) is 0 Å². The number of carboxylic acid groups (broad SMARTS) is 1. The number of aromatic carboxylic acids is 1. The van der Waals surface area contributed by atoms with Crippen LogP contribution in [0.5, 0.6) is 0 Å². The standard InChI is InChI=1S/C14H19NO4S/c1-9-7-11(8-13(10(9)2)14(16)17)15-20(18,19)12-5-3-4-6-12/h7-8,12,15H,3-6H2,1-2H3,(H,16,17). The molecule has 110 valence electrons. The van der Waals surface area contributed by atoms with E-state index in [4.69, 9.17) is 5.11 Å². The summed E-state index contributed by atoms with van der Waals surface area (Å²) in [5.41, 5.74) is 1.88. The number of benzene rings is 1. The third kappa shape index (κ3) is 2.95. The molecule has 1 aromatic carbocycles. The number of hydrogen-bond acceptors (Lipinski definition) is 3. The molecule has 0 bridgehead atoms. The van der Waals surface area contributed by atoms with Gasteiger partial charge in [0.15, 0.2) is 0 Å². The second kappa shape index (κ2) is 5.44. The number of anilines is 1. The van der Waals surface area contributed by atoms with Crippen molar-refractivity contribution in [3.8, 4) is 0 Å². The van der Waals surface area contributed by atoms with Gasteiger partial charge in [0.2, 0.25) is 10.0 Å². The molecule has 1 fully saturated rings. The lowest BCUT2D eigenvalue weighted by Crippen LogP contribution is -2.25. The van der Waals surface area contributed by atoms with Crippen LogP contribution < -0.4 is 4.72 Å². The maximum atomic E-state index is 12.2. The lowest BCUT2D eigenvalue weighted by Gasteiger charge is -2.15. The van der Waals surface area contributed by atoms with E-state index in [0.717, 1.165) is 18.4 Å². The molecule has 0 unspecified atom stereocenters. The third-order valence-electron chi connectivity index (χ3n) is 3.90. The predicted molar refractivity (Wildman–Crippen MR) is 77.7 cm³/mol. The SMILES string of the molecule is Cc1cc(NS(=O)(=O)C2CCCC2)cc(C(=O)O)c1C. The highest BCUT2D eigenvalue weighted by atomic mass is 32.2. The first-order valence-corrected chi connectivity index (χ1v) is 8.22. The minimum Gasteiger partial charge on any atom is -0.478 e. The molecule has 1 aromatic rings. The number of nitrogens with one attached hydrogen (secondary N) is 1. The quantitative estimate of drug-likeness (QED) is 0.895. The Hall–Kier alpha value is -1.56. The van der Waals surface area contributed by atoms with Crippen LogP contribution in [0.25, 0.3) is 0 Å². The van der Waals surface area contributed by atoms with Crippen molar-refractivity contribution >= 4 is 21.7 Å². The fourth-order valence-corrected chi connectivity index (χ4v) is 4.15. The number of hydrogen-bond donors (Lipinski definition) is 2. The van der Waals surface area contributed by atoms with Crippen LogP contribution in [0.3, 0.4) is 0 Å². The lowest BCUT2D eigenvalue weighted by molar-refractivity contribution is 0.0696. The molecule has 0 spiro atoms. The van der Waals surface area contributed by atoms with Gasteiger partial charge in [0.25, 0.3) is 0 Å². The molecular weight excluding hydrogens is 278 g/mol. The zero-order valence-electron chi connectivity index (χ0n) is 11.6. The largest absolute Gasteiger partial charge is 0.478 e. The van der Waals surface area contributed by atoms with Gasteiger partial charge in [-0.15, -0.1) is 0 Å². The summed E-state index contributed by atoms with van der Waals surface area (Å²) in [4.78, 5) is 11.2. The van der Waals surface area contributed by atoms with Gasteiger partial charge in [0, 0.05) is 5.69 Å². The molecule has 0 atom stereocenters. The summed E-state index contributed by atoms with van der Waals surface area (Å²) in [6.45, 7) is 3.49. The first kappa shape index (κ1) is 14.8. The van der Waals surface area contributed by atoms with E-state index in [1.807, 2.05) is 0 Å². The van der Waals surface area contributed by atoms with E-state index in [0.29, 0.717) is 24.1 Å². The summed E-state index contributed by atoms with van der Waals surface area (Å²) in [7, 11) is -3.43. The average molecular weight is 297 g/mol. The molecule has 0 saturated heterocycles. The molecular formula is C14H19NO4S. The Balaban J connectivity index is 2.32. The summed E-state index contributed by atoms with van der Waals surface area (Å²) in [6, 6.07) is 3.06. The Morgan fingerprint density at radius 2 is 1.85 bits per heavy atom. The van der Waals surface area contributed by atoms with Crippen molar-refractivity contribution in [2.75, 3.05) is 4.72 Å². The smallest absolute Gasteiger partial charge is 0.336 e. The minimum absolute atomic E-state index is 0.133. The van der Waals surface area contributed by atoms with Gasteiger partial charge >= 0.3 is 5.97 Å². The Labute approximate surface area is 119 Å². The first-order valence-electron chi connectivity index (χ1n) is 6.67. The number of aryl methyl sites for hydroxylation is 1. The maximum absolute atomic E-state index is 12.2. The van der Waals surface area contributed by atoms with Gasteiger partial charge in [0.1, 0.15) is 0 Å². The number of rotatable bonds is 4. The monoisotopic (exact) mass is 297 g/mol. The fraction of sp³-hybridized carbons (Fsp3) is 0.500. The zero-order valence-corrected chi connectivity index (χ0v) is 12.5. The molecule has 0 aromatic heterocycles. The van der Waals surface area contributed by atoms with Crippen LogP contribution in [0.4, 0.5) is 5.69 Å². The van der Waals surface area contributed by atoms with Crippen LogP contribution in [0.2, 0.25) is 0 Å². The highest BCUT2D eigenvalue weighted by Crippen LogP contribution is 2.27. The van der Waals surface area contributed by atoms with Gasteiger partial charge in [0.05, 0.1) is 10.8 Å². The molecule has 0 amide bonds. The van der Waals surface area contributed by atoms with Gasteiger partial charge < -0.3 is 5.11 Å². The molecule has 1 saturated carbocycles. The first-order chi connectivity index (χ1) is 9.31. The van der Waals surface area contributed by atoms with Crippen LogP contribution >= 0.6 is 0 Å². The fourth-order valence-electron chi connectivity index (χ4n) is 2.59. The van der Waals surface area contributed by atoms with E-state index < -0.39 is 16.0 Å². The number of carboxylic acids is 1. The van der Waals surface area contributed by atoms with E-state index in [2.05, 4.69) is 4.72 Å². The summed E-state index contributed by atoms with van der Waals surface area (Å²) >= 11 is 0. The molecule has 0 heterocycles. The van der Waals surface area contributed by atoms with Crippen molar-refractivity contribution in [1.29, 1.82) is 0 Å². The van der Waals surface area contributed by atoms with Gasteiger partial charge in [-0.05, 0) is 49.9 Å². The molecule has 1 aliphatic carbocycles. The zero-order chi connectivity index (χ0) is 14.9. The van der Waals surface area contributed by atoms with E-state index in [9.17, 15) is 13.2 Å².